The third-order valence-electron chi connectivity index (χ3n) is 5.55. The van der Waals surface area contributed by atoms with Gasteiger partial charge < -0.3 is 10.2 Å². The highest BCUT2D eigenvalue weighted by molar-refractivity contribution is 7.18. The second-order valence-corrected chi connectivity index (χ2v) is 8.43. The molecule has 0 unspecified atom stereocenters. The Hall–Kier alpha value is -2.47. The maximum Gasteiger partial charge on any atom is 0.220 e. The van der Waals surface area contributed by atoms with Crippen molar-refractivity contribution in [2.45, 2.75) is 45.6 Å². The van der Waals surface area contributed by atoms with E-state index in [4.69, 9.17) is 0 Å². The lowest BCUT2D eigenvalue weighted by molar-refractivity contribution is -0.121. The molecule has 0 atom stereocenters. The maximum absolute atomic E-state index is 12.4. The highest BCUT2D eigenvalue weighted by atomic mass is 32.1. The van der Waals surface area contributed by atoms with E-state index in [-0.39, 0.29) is 11.9 Å². The quantitative estimate of drug-likeness (QED) is 0.710. The summed E-state index contributed by atoms with van der Waals surface area (Å²) in [6.07, 6.45) is 4.91. The minimum absolute atomic E-state index is 0.153. The SMILES string of the molecule is Cc1ccccc1CCC(=O)NC1CCN(c2ncnc3c(C)csc23)CC1. The third-order valence-corrected chi connectivity index (χ3v) is 6.64. The summed E-state index contributed by atoms with van der Waals surface area (Å²) >= 11 is 1.71. The van der Waals surface area contributed by atoms with Crippen molar-refractivity contribution in [3.8, 4) is 0 Å². The molecule has 1 aromatic carbocycles. The average molecular weight is 395 g/mol. The highest BCUT2D eigenvalue weighted by Gasteiger charge is 2.23. The Morgan fingerprint density at radius 1 is 1.18 bits per heavy atom. The molecule has 28 heavy (non-hydrogen) atoms. The molecule has 1 N–H and O–H groups in total. The lowest BCUT2D eigenvalue weighted by Crippen LogP contribution is -2.45. The molecular formula is C22H26N4OS. The van der Waals surface area contributed by atoms with Crippen molar-refractivity contribution in [1.29, 1.82) is 0 Å². The van der Waals surface area contributed by atoms with Crippen LogP contribution in [0.4, 0.5) is 5.82 Å². The summed E-state index contributed by atoms with van der Waals surface area (Å²) in [6, 6.07) is 8.53. The van der Waals surface area contributed by atoms with Crippen LogP contribution >= 0.6 is 11.3 Å². The van der Waals surface area contributed by atoms with E-state index in [0.717, 1.165) is 43.7 Å². The molecule has 3 aromatic rings. The van der Waals surface area contributed by atoms with Crippen LogP contribution in [0.3, 0.4) is 0 Å². The highest BCUT2D eigenvalue weighted by Crippen LogP contribution is 2.32. The number of hydrogen-bond donors (Lipinski definition) is 1. The monoisotopic (exact) mass is 394 g/mol. The van der Waals surface area contributed by atoms with Gasteiger partial charge in [0.05, 0.1) is 10.2 Å². The number of amides is 1. The standard InChI is InChI=1S/C22H26N4OS/c1-15-5-3-4-6-17(15)7-8-19(27)25-18-9-11-26(12-10-18)22-21-20(23-14-24-22)16(2)13-28-21/h3-6,13-14,18H,7-12H2,1-2H3,(H,25,27). The van der Waals surface area contributed by atoms with Gasteiger partial charge in [0.2, 0.25) is 5.91 Å². The lowest BCUT2D eigenvalue weighted by Gasteiger charge is -2.33. The second-order valence-electron chi connectivity index (χ2n) is 7.55. The lowest BCUT2D eigenvalue weighted by atomic mass is 10.0. The number of nitrogens with one attached hydrogen (secondary N) is 1. The van der Waals surface area contributed by atoms with Crippen LogP contribution in [0.2, 0.25) is 0 Å². The Kier molecular flexibility index (Phi) is 5.57. The number of carbonyl (C=O) groups is 1. The first-order chi connectivity index (χ1) is 13.6. The number of aromatic nitrogens is 2. The van der Waals surface area contributed by atoms with Crippen LogP contribution in [0.25, 0.3) is 10.2 Å². The number of benzene rings is 1. The molecule has 1 fully saturated rings. The molecule has 4 rings (SSSR count). The molecule has 2 aromatic heterocycles. The van der Waals surface area contributed by atoms with Gasteiger partial charge in [-0.3, -0.25) is 4.79 Å². The van der Waals surface area contributed by atoms with Crippen LogP contribution in [0.5, 0.6) is 0 Å². The van der Waals surface area contributed by atoms with Crippen molar-refractivity contribution in [2.24, 2.45) is 0 Å². The molecule has 0 bridgehead atoms. The predicted octanol–water partition coefficient (Wildman–Crippen LogP) is 4.03. The van der Waals surface area contributed by atoms with E-state index in [0.29, 0.717) is 6.42 Å². The molecule has 0 aliphatic carbocycles. The number of fused-ring (bicyclic) bond motifs is 1. The van der Waals surface area contributed by atoms with Gasteiger partial charge in [-0.25, -0.2) is 9.97 Å². The Balaban J connectivity index is 1.30. The molecule has 1 aliphatic rings. The van der Waals surface area contributed by atoms with Crippen molar-refractivity contribution in [1.82, 2.24) is 15.3 Å². The third kappa shape index (κ3) is 4.02. The fourth-order valence-electron chi connectivity index (χ4n) is 3.86. The van der Waals surface area contributed by atoms with E-state index in [1.807, 2.05) is 12.1 Å². The summed E-state index contributed by atoms with van der Waals surface area (Å²) in [4.78, 5) is 23.7. The molecule has 3 heterocycles. The fraction of sp³-hybridized carbons (Fsp3) is 0.409. The van der Waals surface area contributed by atoms with Crippen LogP contribution in [0, 0.1) is 13.8 Å². The predicted molar refractivity (Wildman–Crippen MR) is 115 cm³/mol. The Bertz CT molecular complexity index is 976. The fourth-order valence-corrected chi connectivity index (χ4v) is 4.88. The van der Waals surface area contributed by atoms with Gasteiger partial charge in [0.15, 0.2) is 0 Å². The van der Waals surface area contributed by atoms with E-state index in [9.17, 15) is 4.79 Å². The summed E-state index contributed by atoms with van der Waals surface area (Å²) in [5.41, 5.74) is 4.77. The molecule has 0 radical (unpaired) electrons. The minimum atomic E-state index is 0.153. The first kappa shape index (κ1) is 18.9. The number of thiophene rings is 1. The van der Waals surface area contributed by atoms with Crippen molar-refractivity contribution in [3.63, 3.8) is 0 Å². The Morgan fingerprint density at radius 3 is 2.75 bits per heavy atom. The Morgan fingerprint density at radius 2 is 1.96 bits per heavy atom. The molecular weight excluding hydrogens is 368 g/mol. The van der Waals surface area contributed by atoms with Gasteiger partial charge >= 0.3 is 0 Å². The number of carbonyl (C=O) groups excluding carboxylic acids is 1. The zero-order valence-electron chi connectivity index (χ0n) is 16.4. The van der Waals surface area contributed by atoms with Crippen LogP contribution in [-0.2, 0) is 11.2 Å². The minimum Gasteiger partial charge on any atom is -0.355 e. The van der Waals surface area contributed by atoms with Gasteiger partial charge in [-0.2, -0.15) is 0 Å². The number of piperidine rings is 1. The zero-order valence-corrected chi connectivity index (χ0v) is 17.3. The van der Waals surface area contributed by atoms with Gasteiger partial charge in [-0.05, 0) is 55.2 Å². The summed E-state index contributed by atoms with van der Waals surface area (Å²) in [5, 5.41) is 5.37. The van der Waals surface area contributed by atoms with Gasteiger partial charge in [-0.1, -0.05) is 24.3 Å². The zero-order chi connectivity index (χ0) is 19.5. The van der Waals surface area contributed by atoms with Crippen molar-refractivity contribution >= 4 is 33.3 Å². The van der Waals surface area contributed by atoms with Crippen molar-refractivity contribution < 1.29 is 4.79 Å². The molecule has 1 saturated heterocycles. The van der Waals surface area contributed by atoms with Crippen molar-refractivity contribution in [3.05, 3.63) is 52.7 Å². The topological polar surface area (TPSA) is 58.1 Å². The number of anilines is 1. The second kappa shape index (κ2) is 8.27. The van der Waals surface area contributed by atoms with Gasteiger partial charge in [-0.15, -0.1) is 11.3 Å². The molecule has 0 saturated carbocycles. The molecule has 0 spiro atoms. The average Bonchev–Trinajstić information content (AvgIpc) is 3.09. The largest absolute Gasteiger partial charge is 0.355 e. The normalized spacial score (nSPS) is 15.1. The van der Waals surface area contributed by atoms with Crippen LogP contribution in [-0.4, -0.2) is 35.0 Å². The van der Waals surface area contributed by atoms with E-state index in [2.05, 4.69) is 51.5 Å². The van der Waals surface area contributed by atoms with Crippen LogP contribution < -0.4 is 10.2 Å². The maximum atomic E-state index is 12.4. The van der Waals surface area contributed by atoms with E-state index in [1.54, 1.807) is 17.7 Å². The first-order valence-electron chi connectivity index (χ1n) is 9.89. The van der Waals surface area contributed by atoms with E-state index < -0.39 is 0 Å². The molecule has 146 valence electrons. The number of hydrogen-bond acceptors (Lipinski definition) is 5. The van der Waals surface area contributed by atoms with Gasteiger partial charge in [0, 0.05) is 25.6 Å². The summed E-state index contributed by atoms with van der Waals surface area (Å²) in [5.74, 6) is 1.19. The summed E-state index contributed by atoms with van der Waals surface area (Å²) in [6.45, 7) is 6.01. The van der Waals surface area contributed by atoms with E-state index >= 15 is 0 Å². The molecule has 5 nitrogen and oxygen atoms in total. The van der Waals surface area contributed by atoms with Gasteiger partial charge in [0.1, 0.15) is 12.1 Å². The molecule has 1 amide bonds. The summed E-state index contributed by atoms with van der Waals surface area (Å²) < 4.78 is 1.17. The molecule has 1 aliphatic heterocycles. The Labute approximate surface area is 169 Å². The van der Waals surface area contributed by atoms with Crippen LogP contribution in [0.15, 0.2) is 36.0 Å². The number of nitrogens with zero attached hydrogens (tertiary/aromatic N) is 3. The van der Waals surface area contributed by atoms with E-state index in [1.165, 1.54) is 21.4 Å². The number of aryl methyl sites for hydroxylation is 3. The summed E-state index contributed by atoms with van der Waals surface area (Å²) in [7, 11) is 0. The molecule has 6 heteroatoms. The van der Waals surface area contributed by atoms with Crippen molar-refractivity contribution in [2.75, 3.05) is 18.0 Å². The van der Waals surface area contributed by atoms with Crippen LogP contribution in [0.1, 0.15) is 36.0 Å². The smallest absolute Gasteiger partial charge is 0.220 e. The first-order valence-corrected chi connectivity index (χ1v) is 10.8. The number of rotatable bonds is 5. The van der Waals surface area contributed by atoms with Gasteiger partial charge in [0.25, 0.3) is 0 Å².